The molecule has 3 aromatic carbocycles. The summed E-state index contributed by atoms with van der Waals surface area (Å²) in [5.74, 6) is -0.0109. The van der Waals surface area contributed by atoms with E-state index in [9.17, 15) is 14.4 Å². The van der Waals surface area contributed by atoms with Crippen molar-refractivity contribution >= 4 is 17.7 Å². The van der Waals surface area contributed by atoms with E-state index in [-0.39, 0.29) is 11.4 Å². The van der Waals surface area contributed by atoms with Crippen molar-refractivity contribution in [1.82, 2.24) is 0 Å². The van der Waals surface area contributed by atoms with Gasteiger partial charge in [-0.2, -0.15) is 5.26 Å². The summed E-state index contributed by atoms with van der Waals surface area (Å²) in [6.45, 7) is 8.03. The lowest BCUT2D eigenvalue weighted by atomic mass is 10.0. The van der Waals surface area contributed by atoms with Crippen molar-refractivity contribution in [2.75, 3.05) is 5.32 Å². The number of carbonyl (C=O) groups excluding carboxylic acids is 1. The maximum Gasteiger partial charge on any atom is 0.266 e. The van der Waals surface area contributed by atoms with E-state index in [0.717, 1.165) is 39.1 Å². The van der Waals surface area contributed by atoms with Gasteiger partial charge in [0.05, 0.1) is 0 Å². The number of halogens is 1. The quantitative estimate of drug-likeness (QED) is 0.376. The van der Waals surface area contributed by atoms with E-state index in [1.54, 1.807) is 18.2 Å². The Kier molecular flexibility index (Phi) is 7.07. The molecule has 0 unspecified atom stereocenters. The maximum atomic E-state index is 13.1. The van der Waals surface area contributed by atoms with Gasteiger partial charge in [-0.05, 0) is 91.9 Å². The van der Waals surface area contributed by atoms with Crippen LogP contribution in [0.15, 0.2) is 60.2 Å². The van der Waals surface area contributed by atoms with Crippen molar-refractivity contribution in [1.29, 1.82) is 5.26 Å². The standard InChI is InChI=1S/C27H25FN2O2/c1-17-5-10-25(18(2)11-17)30-27(31)23(15-29)14-22-12-19(3)26(20(4)13-22)32-16-21-6-8-24(28)9-7-21/h5-14H,16H2,1-4H3,(H,30,31)/b23-14+. The molecular weight excluding hydrogens is 403 g/mol. The second kappa shape index (κ2) is 9.93. The van der Waals surface area contributed by atoms with Crippen LogP contribution in [0.1, 0.15) is 33.4 Å². The molecule has 1 N–H and O–H groups in total. The summed E-state index contributed by atoms with van der Waals surface area (Å²) >= 11 is 0. The van der Waals surface area contributed by atoms with Crippen LogP contribution in [0.3, 0.4) is 0 Å². The Morgan fingerprint density at radius 1 is 1.00 bits per heavy atom. The first-order valence-electron chi connectivity index (χ1n) is 10.3. The average Bonchev–Trinajstić information content (AvgIpc) is 2.74. The Morgan fingerprint density at radius 2 is 1.66 bits per heavy atom. The fraction of sp³-hybridized carbons (Fsp3) is 0.185. The molecule has 0 aliphatic rings. The molecule has 3 aromatic rings. The zero-order valence-electron chi connectivity index (χ0n) is 18.6. The first-order chi connectivity index (χ1) is 15.3. The highest BCUT2D eigenvalue weighted by atomic mass is 19.1. The zero-order chi connectivity index (χ0) is 23.3. The number of hydrogen-bond acceptors (Lipinski definition) is 3. The van der Waals surface area contributed by atoms with E-state index >= 15 is 0 Å². The average molecular weight is 429 g/mol. The molecule has 0 bridgehead atoms. The highest BCUT2D eigenvalue weighted by Gasteiger charge is 2.13. The number of nitrogens with one attached hydrogen (secondary N) is 1. The molecule has 0 radical (unpaired) electrons. The van der Waals surface area contributed by atoms with Gasteiger partial charge in [0.1, 0.15) is 29.8 Å². The number of anilines is 1. The number of rotatable bonds is 6. The van der Waals surface area contributed by atoms with Crippen molar-refractivity contribution in [3.63, 3.8) is 0 Å². The first-order valence-corrected chi connectivity index (χ1v) is 10.3. The fourth-order valence-electron chi connectivity index (χ4n) is 3.49. The van der Waals surface area contributed by atoms with Crippen molar-refractivity contribution in [3.8, 4) is 11.8 Å². The van der Waals surface area contributed by atoms with E-state index in [1.807, 2.05) is 64.1 Å². The van der Waals surface area contributed by atoms with E-state index in [1.165, 1.54) is 12.1 Å². The lowest BCUT2D eigenvalue weighted by molar-refractivity contribution is -0.112. The third kappa shape index (κ3) is 5.61. The summed E-state index contributed by atoms with van der Waals surface area (Å²) < 4.78 is 19.0. The lowest BCUT2D eigenvalue weighted by Crippen LogP contribution is -2.14. The number of hydrogen-bond donors (Lipinski definition) is 1. The lowest BCUT2D eigenvalue weighted by Gasteiger charge is -2.14. The topological polar surface area (TPSA) is 62.1 Å². The van der Waals surface area contributed by atoms with Gasteiger partial charge in [0.15, 0.2) is 0 Å². The van der Waals surface area contributed by atoms with Crippen molar-refractivity contribution < 1.29 is 13.9 Å². The van der Waals surface area contributed by atoms with Crippen molar-refractivity contribution in [2.24, 2.45) is 0 Å². The van der Waals surface area contributed by atoms with Crippen LogP contribution in [0.5, 0.6) is 5.75 Å². The Labute approximate surface area is 188 Å². The largest absolute Gasteiger partial charge is 0.488 e. The van der Waals surface area contributed by atoms with Gasteiger partial charge in [-0.15, -0.1) is 0 Å². The van der Waals surface area contributed by atoms with Crippen LogP contribution in [-0.2, 0) is 11.4 Å². The number of amides is 1. The summed E-state index contributed by atoms with van der Waals surface area (Å²) in [6, 6.07) is 17.6. The van der Waals surface area contributed by atoms with Gasteiger partial charge in [0, 0.05) is 5.69 Å². The van der Waals surface area contributed by atoms with E-state index in [4.69, 9.17) is 4.74 Å². The molecule has 0 heterocycles. The number of aryl methyl sites for hydroxylation is 4. The van der Waals surface area contributed by atoms with Crippen LogP contribution in [0.25, 0.3) is 6.08 Å². The minimum atomic E-state index is -0.452. The molecular formula is C27H25FN2O2. The first kappa shape index (κ1) is 22.8. The Morgan fingerprint density at radius 3 is 2.25 bits per heavy atom. The highest BCUT2D eigenvalue weighted by molar-refractivity contribution is 6.10. The molecule has 0 aromatic heterocycles. The van der Waals surface area contributed by atoms with Gasteiger partial charge in [-0.1, -0.05) is 29.8 Å². The second-order valence-corrected chi connectivity index (χ2v) is 7.84. The number of nitriles is 1. The molecule has 0 aliphatic heterocycles. The summed E-state index contributed by atoms with van der Waals surface area (Å²) in [6.07, 6.45) is 1.57. The van der Waals surface area contributed by atoms with Gasteiger partial charge in [-0.25, -0.2) is 4.39 Å². The van der Waals surface area contributed by atoms with Crippen LogP contribution in [0.4, 0.5) is 10.1 Å². The smallest absolute Gasteiger partial charge is 0.266 e. The molecule has 3 rings (SSSR count). The number of benzene rings is 3. The fourth-order valence-corrected chi connectivity index (χ4v) is 3.49. The minimum Gasteiger partial charge on any atom is -0.488 e. The van der Waals surface area contributed by atoms with Crippen LogP contribution >= 0.6 is 0 Å². The van der Waals surface area contributed by atoms with E-state index in [0.29, 0.717) is 12.3 Å². The summed E-state index contributed by atoms with van der Waals surface area (Å²) in [4.78, 5) is 12.7. The molecule has 0 saturated carbocycles. The molecule has 1 amide bonds. The second-order valence-electron chi connectivity index (χ2n) is 7.84. The molecule has 0 atom stereocenters. The van der Waals surface area contributed by atoms with Gasteiger partial charge in [0.25, 0.3) is 5.91 Å². The molecule has 4 nitrogen and oxygen atoms in total. The third-order valence-corrected chi connectivity index (χ3v) is 5.09. The number of carbonyl (C=O) groups is 1. The zero-order valence-corrected chi connectivity index (χ0v) is 18.6. The summed E-state index contributed by atoms with van der Waals surface area (Å²) in [5, 5.41) is 12.4. The molecule has 0 saturated heterocycles. The minimum absolute atomic E-state index is 0.0174. The Bertz CT molecular complexity index is 1200. The van der Waals surface area contributed by atoms with Crippen LogP contribution in [-0.4, -0.2) is 5.91 Å². The van der Waals surface area contributed by atoms with Gasteiger partial charge in [-0.3, -0.25) is 4.79 Å². The molecule has 162 valence electrons. The van der Waals surface area contributed by atoms with Gasteiger partial charge >= 0.3 is 0 Å². The predicted molar refractivity (Wildman–Crippen MR) is 125 cm³/mol. The van der Waals surface area contributed by atoms with Crippen molar-refractivity contribution in [3.05, 3.63) is 99.4 Å². The number of nitrogens with zero attached hydrogens (tertiary/aromatic N) is 1. The highest BCUT2D eigenvalue weighted by Crippen LogP contribution is 2.27. The summed E-state index contributed by atoms with van der Waals surface area (Å²) in [7, 11) is 0. The Hall–Kier alpha value is -3.91. The maximum absolute atomic E-state index is 13.1. The Balaban J connectivity index is 1.77. The van der Waals surface area contributed by atoms with Crippen LogP contribution in [0, 0.1) is 44.8 Å². The van der Waals surface area contributed by atoms with Gasteiger partial charge in [0.2, 0.25) is 0 Å². The molecule has 0 aliphatic carbocycles. The SMILES string of the molecule is Cc1ccc(NC(=O)/C(C#N)=C/c2cc(C)c(OCc3ccc(F)cc3)c(C)c2)c(C)c1. The van der Waals surface area contributed by atoms with E-state index < -0.39 is 5.91 Å². The molecule has 5 heteroatoms. The third-order valence-electron chi connectivity index (χ3n) is 5.09. The van der Waals surface area contributed by atoms with E-state index in [2.05, 4.69) is 5.32 Å². The summed E-state index contributed by atoms with van der Waals surface area (Å²) in [5.41, 5.74) is 6.10. The van der Waals surface area contributed by atoms with Crippen LogP contribution < -0.4 is 10.1 Å². The normalized spacial score (nSPS) is 11.1. The number of ether oxygens (including phenoxy) is 1. The van der Waals surface area contributed by atoms with Gasteiger partial charge < -0.3 is 10.1 Å². The predicted octanol–water partition coefficient (Wildman–Crippen LogP) is 6.18. The van der Waals surface area contributed by atoms with Crippen molar-refractivity contribution in [2.45, 2.75) is 34.3 Å². The molecule has 0 spiro atoms. The monoisotopic (exact) mass is 428 g/mol. The molecule has 32 heavy (non-hydrogen) atoms. The molecule has 0 fully saturated rings. The van der Waals surface area contributed by atoms with Crippen LogP contribution in [0.2, 0.25) is 0 Å².